The first-order chi connectivity index (χ1) is 9.72. The SMILES string of the molecule is C#C[C@H](COC)NS(=O)(=O)c1cc(C(=O)N(C)C)n(C)c1. The van der Waals surface area contributed by atoms with E-state index in [9.17, 15) is 13.2 Å². The van der Waals surface area contributed by atoms with Crippen LogP contribution in [-0.2, 0) is 21.8 Å². The maximum atomic E-state index is 12.2. The van der Waals surface area contributed by atoms with Crippen LogP contribution in [0, 0.1) is 12.3 Å². The molecule has 1 N–H and O–H groups in total. The van der Waals surface area contributed by atoms with Gasteiger partial charge in [0.2, 0.25) is 10.0 Å². The molecule has 0 aliphatic carbocycles. The van der Waals surface area contributed by atoms with E-state index in [0.29, 0.717) is 0 Å². The van der Waals surface area contributed by atoms with Gasteiger partial charge in [-0.3, -0.25) is 4.79 Å². The number of sulfonamides is 1. The molecule has 1 atom stereocenters. The molecule has 1 rings (SSSR count). The summed E-state index contributed by atoms with van der Waals surface area (Å²) >= 11 is 0. The van der Waals surface area contributed by atoms with E-state index in [0.717, 1.165) is 0 Å². The van der Waals surface area contributed by atoms with Gasteiger partial charge in [-0.15, -0.1) is 6.42 Å². The van der Waals surface area contributed by atoms with Gasteiger partial charge in [0.25, 0.3) is 5.91 Å². The van der Waals surface area contributed by atoms with Gasteiger partial charge in [-0.1, -0.05) is 5.92 Å². The highest BCUT2D eigenvalue weighted by molar-refractivity contribution is 7.89. The third-order valence-electron chi connectivity index (χ3n) is 2.75. The Balaban J connectivity index is 3.08. The zero-order valence-corrected chi connectivity index (χ0v) is 13.3. The largest absolute Gasteiger partial charge is 0.382 e. The van der Waals surface area contributed by atoms with Gasteiger partial charge in [-0.05, 0) is 6.07 Å². The first-order valence-electron chi connectivity index (χ1n) is 6.08. The predicted molar refractivity (Wildman–Crippen MR) is 78.2 cm³/mol. The van der Waals surface area contributed by atoms with Gasteiger partial charge in [0, 0.05) is 34.4 Å². The second-order valence-electron chi connectivity index (χ2n) is 4.67. The van der Waals surface area contributed by atoms with E-state index >= 15 is 0 Å². The Hall–Kier alpha value is -1.82. The van der Waals surface area contributed by atoms with Crippen LogP contribution in [0.4, 0.5) is 0 Å². The number of terminal acetylenes is 1. The van der Waals surface area contributed by atoms with E-state index in [-0.39, 0.29) is 23.1 Å². The normalized spacial score (nSPS) is 12.7. The minimum absolute atomic E-state index is 0.0217. The number of carbonyl (C=O) groups excluding carboxylic acids is 1. The van der Waals surface area contributed by atoms with Gasteiger partial charge in [-0.25, -0.2) is 8.42 Å². The first kappa shape index (κ1) is 17.2. The zero-order chi connectivity index (χ0) is 16.2. The summed E-state index contributed by atoms with van der Waals surface area (Å²) in [4.78, 5) is 13.3. The van der Waals surface area contributed by atoms with E-state index in [1.54, 1.807) is 21.1 Å². The number of aromatic nitrogens is 1. The zero-order valence-electron chi connectivity index (χ0n) is 12.5. The van der Waals surface area contributed by atoms with Crippen LogP contribution in [0.3, 0.4) is 0 Å². The van der Waals surface area contributed by atoms with Crippen molar-refractivity contribution >= 4 is 15.9 Å². The van der Waals surface area contributed by atoms with Crippen molar-refractivity contribution in [2.75, 3.05) is 27.8 Å². The number of rotatable bonds is 6. The van der Waals surface area contributed by atoms with Crippen molar-refractivity contribution in [2.24, 2.45) is 7.05 Å². The molecule has 1 aromatic heterocycles. The number of carbonyl (C=O) groups is 1. The van der Waals surface area contributed by atoms with Crippen molar-refractivity contribution < 1.29 is 17.9 Å². The Morgan fingerprint density at radius 1 is 1.57 bits per heavy atom. The standard InChI is InChI=1S/C13H19N3O4S/c1-6-10(9-20-5)14-21(18,19)11-7-12(16(4)8-11)13(17)15(2)3/h1,7-8,10,14H,9H2,2-5H3/t10-/m1/s1. The molecule has 1 heterocycles. The Labute approximate surface area is 124 Å². The summed E-state index contributed by atoms with van der Waals surface area (Å²) in [6, 6.07) is 0.540. The number of methoxy groups -OCH3 is 1. The molecule has 7 nitrogen and oxygen atoms in total. The molecule has 0 aliphatic rings. The minimum Gasteiger partial charge on any atom is -0.382 e. The van der Waals surface area contributed by atoms with Gasteiger partial charge >= 0.3 is 0 Å². The van der Waals surface area contributed by atoms with Crippen molar-refractivity contribution in [3.05, 3.63) is 18.0 Å². The molecule has 21 heavy (non-hydrogen) atoms. The lowest BCUT2D eigenvalue weighted by Gasteiger charge is -2.11. The van der Waals surface area contributed by atoms with E-state index < -0.39 is 16.1 Å². The van der Waals surface area contributed by atoms with Gasteiger partial charge in [0.15, 0.2) is 0 Å². The molecule has 0 bridgehead atoms. The van der Waals surface area contributed by atoms with E-state index in [4.69, 9.17) is 11.2 Å². The minimum atomic E-state index is -3.82. The highest BCUT2D eigenvalue weighted by atomic mass is 32.2. The summed E-state index contributed by atoms with van der Waals surface area (Å²) in [7, 11) is 2.39. The predicted octanol–water partition coefficient (Wildman–Crippen LogP) is -0.347. The van der Waals surface area contributed by atoms with Gasteiger partial charge < -0.3 is 14.2 Å². The summed E-state index contributed by atoms with van der Waals surface area (Å²) < 4.78 is 33.1. The Morgan fingerprint density at radius 3 is 2.67 bits per heavy atom. The van der Waals surface area contributed by atoms with Crippen LogP contribution in [0.5, 0.6) is 0 Å². The third-order valence-corrected chi connectivity index (χ3v) is 4.19. The van der Waals surface area contributed by atoms with Crippen LogP contribution in [0.1, 0.15) is 10.5 Å². The number of nitrogens with one attached hydrogen (secondary N) is 1. The molecular formula is C13H19N3O4S. The Morgan fingerprint density at radius 2 is 2.19 bits per heavy atom. The molecule has 0 spiro atoms. The van der Waals surface area contributed by atoms with Crippen molar-refractivity contribution in [3.63, 3.8) is 0 Å². The molecule has 0 aromatic carbocycles. The molecule has 0 fully saturated rings. The average molecular weight is 313 g/mol. The maximum Gasteiger partial charge on any atom is 0.269 e. The summed E-state index contributed by atoms with van der Waals surface area (Å²) in [5.74, 6) is 2.01. The molecular weight excluding hydrogens is 294 g/mol. The quantitative estimate of drug-likeness (QED) is 0.728. The van der Waals surface area contributed by atoms with Crippen LogP contribution >= 0.6 is 0 Å². The summed E-state index contributed by atoms with van der Waals surface area (Å²) in [6.07, 6.45) is 6.60. The lowest BCUT2D eigenvalue weighted by Crippen LogP contribution is -2.36. The van der Waals surface area contributed by atoms with Gasteiger partial charge in [0.05, 0.1) is 6.61 Å². The lowest BCUT2D eigenvalue weighted by atomic mass is 10.4. The summed E-state index contributed by atoms with van der Waals surface area (Å²) in [6.45, 7) is 0.0616. The van der Waals surface area contributed by atoms with Crippen LogP contribution in [0.25, 0.3) is 0 Å². The van der Waals surface area contributed by atoms with Crippen LogP contribution < -0.4 is 4.72 Å². The summed E-state index contributed by atoms with van der Waals surface area (Å²) in [5.41, 5.74) is 0.268. The van der Waals surface area contributed by atoms with Crippen molar-refractivity contribution in [3.8, 4) is 12.3 Å². The number of ether oxygens (including phenoxy) is 1. The van der Waals surface area contributed by atoms with Crippen molar-refractivity contribution in [1.29, 1.82) is 0 Å². The molecule has 116 valence electrons. The third kappa shape index (κ3) is 4.07. The highest BCUT2D eigenvalue weighted by Gasteiger charge is 2.23. The number of nitrogens with zero attached hydrogens (tertiary/aromatic N) is 2. The second kappa shape index (κ2) is 6.76. The fraction of sp³-hybridized carbons (Fsp3) is 0.462. The van der Waals surface area contributed by atoms with E-state index in [1.807, 2.05) is 0 Å². The van der Waals surface area contributed by atoms with Crippen LogP contribution in [-0.4, -0.2) is 57.6 Å². The fourth-order valence-corrected chi connectivity index (χ4v) is 2.87. The maximum absolute atomic E-state index is 12.2. The van der Waals surface area contributed by atoms with Crippen molar-refractivity contribution in [2.45, 2.75) is 10.9 Å². The van der Waals surface area contributed by atoms with E-state index in [2.05, 4.69) is 10.6 Å². The average Bonchev–Trinajstić information content (AvgIpc) is 2.79. The molecule has 0 unspecified atom stereocenters. The molecule has 0 saturated heterocycles. The monoisotopic (exact) mass is 313 g/mol. The molecule has 0 aliphatic heterocycles. The lowest BCUT2D eigenvalue weighted by molar-refractivity contribution is 0.0818. The molecule has 1 amide bonds. The number of amides is 1. The number of hydrogen-bond donors (Lipinski definition) is 1. The van der Waals surface area contributed by atoms with E-state index in [1.165, 1.54) is 28.8 Å². The number of aryl methyl sites for hydroxylation is 1. The second-order valence-corrected chi connectivity index (χ2v) is 6.38. The Kier molecular flexibility index (Phi) is 5.54. The first-order valence-corrected chi connectivity index (χ1v) is 7.56. The Bertz CT molecular complexity index is 655. The molecule has 1 aromatic rings. The fourth-order valence-electron chi connectivity index (χ4n) is 1.66. The van der Waals surface area contributed by atoms with Crippen LogP contribution in [0.2, 0.25) is 0 Å². The highest BCUT2D eigenvalue weighted by Crippen LogP contribution is 2.15. The molecule has 8 heteroatoms. The topological polar surface area (TPSA) is 80.6 Å². The smallest absolute Gasteiger partial charge is 0.269 e. The van der Waals surface area contributed by atoms with Gasteiger partial charge in [0.1, 0.15) is 16.6 Å². The van der Waals surface area contributed by atoms with Gasteiger partial charge in [-0.2, -0.15) is 4.72 Å². The molecule has 0 radical (unpaired) electrons. The van der Waals surface area contributed by atoms with Crippen molar-refractivity contribution in [1.82, 2.24) is 14.2 Å². The molecule has 0 saturated carbocycles. The van der Waals surface area contributed by atoms with Crippen LogP contribution in [0.15, 0.2) is 17.2 Å². The number of hydrogen-bond acceptors (Lipinski definition) is 4. The summed E-state index contributed by atoms with van der Waals surface area (Å²) in [5, 5.41) is 0.